The Morgan fingerprint density at radius 2 is 1.78 bits per heavy atom. The molecule has 1 aromatic carbocycles. The van der Waals surface area contributed by atoms with Gasteiger partial charge in [-0.2, -0.15) is 0 Å². The van der Waals surface area contributed by atoms with Crippen LogP contribution in [0.5, 0.6) is 0 Å². The number of carbonyl (C=O) groups excluding carboxylic acids is 1. The summed E-state index contributed by atoms with van der Waals surface area (Å²) < 4.78 is 28.2. The predicted octanol–water partition coefficient (Wildman–Crippen LogP) is 3.44. The van der Waals surface area contributed by atoms with E-state index in [0.717, 1.165) is 23.7 Å². The normalized spacial score (nSPS) is 10.7. The van der Waals surface area contributed by atoms with Crippen LogP contribution < -0.4 is 0 Å². The highest BCUT2D eigenvalue weighted by Crippen LogP contribution is 2.22. The smallest absolute Gasteiger partial charge is 0.151 e. The minimum atomic E-state index is -0.632. The van der Waals surface area contributed by atoms with Gasteiger partial charge in [-0.15, -0.1) is 0 Å². The van der Waals surface area contributed by atoms with Gasteiger partial charge in [0.15, 0.2) is 6.29 Å². The molecule has 0 saturated carbocycles. The van der Waals surface area contributed by atoms with Crippen LogP contribution in [0.3, 0.4) is 0 Å². The van der Waals surface area contributed by atoms with Crippen molar-refractivity contribution >= 4 is 6.29 Å². The molecule has 0 amide bonds. The minimum Gasteiger partial charge on any atom is -0.317 e. The molecule has 0 saturated heterocycles. The topological polar surface area (TPSA) is 22.0 Å². The van der Waals surface area contributed by atoms with Gasteiger partial charge in [-0.1, -0.05) is 6.92 Å². The lowest BCUT2D eigenvalue weighted by atomic mass is 10.2. The fourth-order valence-electron chi connectivity index (χ4n) is 2.21. The number of aldehydes is 1. The van der Waals surface area contributed by atoms with Crippen LogP contribution in [0, 0.1) is 18.6 Å². The number of hydrogen-bond donors (Lipinski definition) is 0. The van der Waals surface area contributed by atoms with E-state index in [1.54, 1.807) is 17.6 Å². The molecule has 0 spiro atoms. The molecule has 2 aromatic rings. The zero-order chi connectivity index (χ0) is 13.3. The lowest BCUT2D eigenvalue weighted by Crippen LogP contribution is -2.03. The van der Waals surface area contributed by atoms with E-state index in [4.69, 9.17) is 0 Å². The lowest BCUT2D eigenvalue weighted by Gasteiger charge is -2.11. The van der Waals surface area contributed by atoms with Crippen LogP contribution >= 0.6 is 0 Å². The molecule has 4 heteroatoms. The van der Waals surface area contributed by atoms with Crippen LogP contribution in [0.15, 0.2) is 24.3 Å². The van der Waals surface area contributed by atoms with Crippen molar-refractivity contribution in [1.29, 1.82) is 0 Å². The minimum absolute atomic E-state index is 0.398. The van der Waals surface area contributed by atoms with Gasteiger partial charge in [0.05, 0.1) is 5.69 Å². The first-order valence-corrected chi connectivity index (χ1v) is 5.69. The third kappa shape index (κ3) is 2.06. The fraction of sp³-hybridized carbons (Fsp3) is 0.214. The van der Waals surface area contributed by atoms with Crippen LogP contribution in [-0.2, 0) is 6.42 Å². The molecule has 0 fully saturated rings. The van der Waals surface area contributed by atoms with E-state index >= 15 is 0 Å². The highest BCUT2D eigenvalue weighted by Gasteiger charge is 2.13. The molecule has 0 bridgehead atoms. The summed E-state index contributed by atoms with van der Waals surface area (Å²) in [6.07, 6.45) is 1.37. The summed E-state index contributed by atoms with van der Waals surface area (Å²) in [5, 5.41) is 0. The van der Waals surface area contributed by atoms with Gasteiger partial charge >= 0.3 is 0 Å². The molecule has 18 heavy (non-hydrogen) atoms. The Bertz CT molecular complexity index is 582. The molecule has 2 rings (SSSR count). The largest absolute Gasteiger partial charge is 0.317 e. The van der Waals surface area contributed by atoms with E-state index < -0.39 is 11.6 Å². The predicted molar refractivity (Wildman–Crippen MR) is 65.2 cm³/mol. The Morgan fingerprint density at radius 1 is 1.17 bits per heavy atom. The molecule has 1 aromatic heterocycles. The van der Waals surface area contributed by atoms with Crippen molar-refractivity contribution in [1.82, 2.24) is 4.57 Å². The Balaban J connectivity index is 2.69. The number of halogens is 2. The second-order valence-electron chi connectivity index (χ2n) is 4.12. The third-order valence-corrected chi connectivity index (χ3v) is 2.89. The molecule has 0 aliphatic rings. The zero-order valence-electron chi connectivity index (χ0n) is 10.2. The molecule has 0 radical (unpaired) electrons. The summed E-state index contributed by atoms with van der Waals surface area (Å²) in [6, 6.07) is 5.05. The van der Waals surface area contributed by atoms with Crippen LogP contribution in [-0.4, -0.2) is 10.9 Å². The second kappa shape index (κ2) is 4.72. The van der Waals surface area contributed by atoms with E-state index in [1.807, 2.05) is 6.92 Å². The van der Waals surface area contributed by atoms with Crippen molar-refractivity contribution in [3.05, 3.63) is 52.9 Å². The molecule has 0 aliphatic heterocycles. The maximum absolute atomic E-state index is 13.2. The lowest BCUT2D eigenvalue weighted by molar-refractivity contribution is 0.112. The summed E-state index contributed by atoms with van der Waals surface area (Å²) in [5.41, 5.74) is 2.49. The number of carbonyl (C=O) groups is 1. The summed E-state index contributed by atoms with van der Waals surface area (Å²) >= 11 is 0. The van der Waals surface area contributed by atoms with Gasteiger partial charge < -0.3 is 4.57 Å². The number of benzene rings is 1. The summed E-state index contributed by atoms with van der Waals surface area (Å²) in [4.78, 5) is 11.0. The average Bonchev–Trinajstić information content (AvgIpc) is 2.63. The first-order chi connectivity index (χ1) is 8.56. The van der Waals surface area contributed by atoms with Gasteiger partial charge in [-0.05, 0) is 31.5 Å². The molecule has 0 N–H and O–H groups in total. The van der Waals surface area contributed by atoms with E-state index in [9.17, 15) is 13.6 Å². The molecule has 1 heterocycles. The van der Waals surface area contributed by atoms with Gasteiger partial charge in [0.25, 0.3) is 0 Å². The van der Waals surface area contributed by atoms with Gasteiger partial charge in [-0.3, -0.25) is 4.79 Å². The van der Waals surface area contributed by atoms with Crippen LogP contribution in [0.1, 0.15) is 28.7 Å². The second-order valence-corrected chi connectivity index (χ2v) is 4.12. The Kier molecular flexibility index (Phi) is 3.28. The summed E-state index contributed by atoms with van der Waals surface area (Å²) in [6.45, 7) is 3.70. The maximum atomic E-state index is 13.2. The van der Waals surface area contributed by atoms with Gasteiger partial charge in [0, 0.05) is 23.0 Å². The average molecular weight is 249 g/mol. The van der Waals surface area contributed by atoms with E-state index in [0.29, 0.717) is 17.7 Å². The van der Waals surface area contributed by atoms with Crippen molar-refractivity contribution in [2.45, 2.75) is 20.3 Å². The van der Waals surface area contributed by atoms with E-state index in [2.05, 4.69) is 0 Å². The number of aryl methyl sites for hydroxylation is 1. The fourth-order valence-corrected chi connectivity index (χ4v) is 2.21. The summed E-state index contributed by atoms with van der Waals surface area (Å²) in [7, 11) is 0. The highest BCUT2D eigenvalue weighted by atomic mass is 19.1. The quantitative estimate of drug-likeness (QED) is 0.764. The monoisotopic (exact) mass is 249 g/mol. The first kappa shape index (κ1) is 12.5. The molecule has 2 nitrogen and oxygen atoms in total. The van der Waals surface area contributed by atoms with Crippen molar-refractivity contribution in [2.24, 2.45) is 0 Å². The van der Waals surface area contributed by atoms with Gasteiger partial charge in [0.1, 0.15) is 11.6 Å². The first-order valence-electron chi connectivity index (χ1n) is 5.69. The van der Waals surface area contributed by atoms with E-state index in [1.165, 1.54) is 12.1 Å². The van der Waals surface area contributed by atoms with Gasteiger partial charge in [-0.25, -0.2) is 8.78 Å². The van der Waals surface area contributed by atoms with Gasteiger partial charge in [0.2, 0.25) is 0 Å². The third-order valence-electron chi connectivity index (χ3n) is 2.89. The van der Waals surface area contributed by atoms with E-state index in [-0.39, 0.29) is 0 Å². The summed E-state index contributed by atoms with van der Waals surface area (Å²) in [5.74, 6) is -1.26. The molecule has 0 aliphatic carbocycles. The number of aromatic nitrogens is 1. The molecular formula is C14H13F2NO. The Morgan fingerprint density at radius 3 is 2.28 bits per heavy atom. The Labute approximate surface area is 104 Å². The zero-order valence-corrected chi connectivity index (χ0v) is 10.2. The van der Waals surface area contributed by atoms with Crippen molar-refractivity contribution in [3.8, 4) is 5.69 Å². The Hall–Kier alpha value is -1.97. The molecule has 94 valence electrons. The maximum Gasteiger partial charge on any atom is 0.151 e. The molecule has 0 unspecified atom stereocenters. The van der Waals surface area contributed by atoms with Crippen molar-refractivity contribution in [2.75, 3.05) is 0 Å². The SMILES string of the molecule is CCc1c(C=O)cc(C)n1-c1cc(F)cc(F)c1. The number of rotatable bonds is 3. The van der Waals surface area contributed by atoms with Crippen molar-refractivity contribution in [3.63, 3.8) is 0 Å². The molecular weight excluding hydrogens is 236 g/mol. The van der Waals surface area contributed by atoms with Crippen LogP contribution in [0.25, 0.3) is 5.69 Å². The standard InChI is InChI=1S/C14H13F2NO/c1-3-14-10(8-18)4-9(2)17(14)13-6-11(15)5-12(16)7-13/h4-8H,3H2,1-2H3. The number of nitrogens with zero attached hydrogens (tertiary/aromatic N) is 1. The van der Waals surface area contributed by atoms with Crippen LogP contribution in [0.2, 0.25) is 0 Å². The number of hydrogen-bond acceptors (Lipinski definition) is 1. The van der Waals surface area contributed by atoms with Crippen LogP contribution in [0.4, 0.5) is 8.78 Å². The molecule has 0 atom stereocenters. The highest BCUT2D eigenvalue weighted by molar-refractivity contribution is 5.78. The van der Waals surface area contributed by atoms with Crippen molar-refractivity contribution < 1.29 is 13.6 Å².